The summed E-state index contributed by atoms with van der Waals surface area (Å²) in [7, 11) is 0. The molecule has 0 fully saturated rings. The Morgan fingerprint density at radius 2 is 1.95 bits per heavy atom. The second-order valence-electron chi connectivity index (χ2n) is 5.86. The molecule has 1 atom stereocenters. The second kappa shape index (κ2) is 7.14. The number of aliphatic hydroxyl groups is 1. The number of hydrogen-bond donors (Lipinski definition) is 3. The average molecular weight is 280 g/mol. The van der Waals surface area contributed by atoms with E-state index in [9.17, 15) is 4.79 Å². The number of nitrogens with two attached hydrogens (primary N) is 1. The maximum absolute atomic E-state index is 11.9. The van der Waals surface area contributed by atoms with Crippen molar-refractivity contribution >= 4 is 11.6 Å². The predicted octanol–water partition coefficient (Wildman–Crippen LogP) is 1.56. The van der Waals surface area contributed by atoms with Crippen LogP contribution in [0.5, 0.6) is 5.75 Å². The van der Waals surface area contributed by atoms with Crippen LogP contribution in [0.4, 0.5) is 5.69 Å². The number of hydrogen-bond acceptors (Lipinski definition) is 4. The zero-order valence-corrected chi connectivity index (χ0v) is 12.3. The fraction of sp³-hybridized carbons (Fsp3) is 0.533. The first-order chi connectivity index (χ1) is 9.32. The molecular formula is C15H24N2O3. The molecule has 0 aliphatic heterocycles. The summed E-state index contributed by atoms with van der Waals surface area (Å²) in [6, 6.07) is 6.79. The van der Waals surface area contributed by atoms with E-state index in [2.05, 4.69) is 5.32 Å². The van der Waals surface area contributed by atoms with Crippen LogP contribution in [0.25, 0.3) is 0 Å². The number of nitrogen functional groups attached to an aromatic ring is 1. The molecule has 0 radical (unpaired) electrons. The van der Waals surface area contributed by atoms with Crippen molar-refractivity contribution in [3.05, 3.63) is 24.3 Å². The van der Waals surface area contributed by atoms with Gasteiger partial charge in [0.2, 0.25) is 0 Å². The Bertz CT molecular complexity index is 424. The normalized spacial score (nSPS) is 12.8. The number of anilines is 1. The highest BCUT2D eigenvalue weighted by molar-refractivity contribution is 5.77. The minimum absolute atomic E-state index is 0.0427. The molecule has 4 N–H and O–H groups in total. The predicted molar refractivity (Wildman–Crippen MR) is 79.4 cm³/mol. The van der Waals surface area contributed by atoms with Crippen LogP contribution in [0.1, 0.15) is 27.2 Å². The molecule has 0 saturated carbocycles. The Hall–Kier alpha value is -1.75. The summed E-state index contributed by atoms with van der Waals surface area (Å²) in [5.41, 5.74) is 6.11. The highest BCUT2D eigenvalue weighted by Gasteiger charge is 2.25. The Balaban J connectivity index is 2.47. The molecule has 112 valence electrons. The second-order valence-corrected chi connectivity index (χ2v) is 5.86. The van der Waals surface area contributed by atoms with Gasteiger partial charge < -0.3 is 20.9 Å². The molecule has 1 aromatic rings. The third-order valence-corrected chi connectivity index (χ3v) is 3.05. The molecule has 1 aromatic carbocycles. The van der Waals surface area contributed by atoms with Crippen molar-refractivity contribution in [2.45, 2.75) is 33.2 Å². The summed E-state index contributed by atoms with van der Waals surface area (Å²) in [6.45, 7) is 6.06. The van der Waals surface area contributed by atoms with Crippen molar-refractivity contribution < 1.29 is 14.6 Å². The number of carbonyl (C=O) groups is 1. The minimum Gasteiger partial charge on any atom is -0.484 e. The highest BCUT2D eigenvalue weighted by atomic mass is 16.5. The summed E-state index contributed by atoms with van der Waals surface area (Å²) in [5.74, 6) is 0.402. The molecule has 0 heterocycles. The molecule has 1 unspecified atom stereocenters. The smallest absolute Gasteiger partial charge is 0.258 e. The molecule has 5 nitrogen and oxygen atoms in total. The summed E-state index contributed by atoms with van der Waals surface area (Å²) >= 11 is 0. The average Bonchev–Trinajstić information content (AvgIpc) is 2.36. The Kier molecular flexibility index (Phi) is 5.82. The van der Waals surface area contributed by atoms with E-state index in [0.717, 1.165) is 0 Å². The van der Waals surface area contributed by atoms with Gasteiger partial charge in [-0.2, -0.15) is 0 Å². The Labute approximate surface area is 120 Å². The van der Waals surface area contributed by atoms with E-state index in [1.807, 2.05) is 20.8 Å². The van der Waals surface area contributed by atoms with Crippen molar-refractivity contribution in [3.63, 3.8) is 0 Å². The molecule has 20 heavy (non-hydrogen) atoms. The molecule has 0 aliphatic carbocycles. The molecule has 1 amide bonds. The van der Waals surface area contributed by atoms with Crippen molar-refractivity contribution in [1.29, 1.82) is 0 Å². The van der Waals surface area contributed by atoms with E-state index in [4.69, 9.17) is 15.6 Å². The van der Waals surface area contributed by atoms with Crippen molar-refractivity contribution in [1.82, 2.24) is 5.32 Å². The van der Waals surface area contributed by atoms with E-state index in [-0.39, 0.29) is 30.6 Å². The zero-order chi connectivity index (χ0) is 15.2. The third kappa shape index (κ3) is 5.48. The fourth-order valence-corrected chi connectivity index (χ4v) is 1.80. The first kappa shape index (κ1) is 16.3. The van der Waals surface area contributed by atoms with E-state index in [0.29, 0.717) is 17.9 Å². The number of amides is 1. The SMILES string of the molecule is CC(C)(C)C(CCO)NC(=O)COc1ccc(N)cc1. The topological polar surface area (TPSA) is 84.6 Å². The van der Waals surface area contributed by atoms with Crippen LogP contribution in [0, 0.1) is 5.41 Å². The van der Waals surface area contributed by atoms with Crippen LogP contribution in [-0.2, 0) is 4.79 Å². The van der Waals surface area contributed by atoms with Gasteiger partial charge in [0, 0.05) is 18.3 Å². The molecule has 0 aliphatic rings. The van der Waals surface area contributed by atoms with Gasteiger partial charge in [-0.3, -0.25) is 4.79 Å². The lowest BCUT2D eigenvalue weighted by atomic mass is 9.85. The van der Waals surface area contributed by atoms with Gasteiger partial charge in [0.1, 0.15) is 5.75 Å². The quantitative estimate of drug-likeness (QED) is 0.690. The van der Waals surface area contributed by atoms with Gasteiger partial charge in [-0.05, 0) is 36.1 Å². The van der Waals surface area contributed by atoms with Gasteiger partial charge in [0.05, 0.1) is 0 Å². The van der Waals surface area contributed by atoms with Gasteiger partial charge in [0.25, 0.3) is 5.91 Å². The number of rotatable bonds is 6. The zero-order valence-electron chi connectivity index (χ0n) is 12.3. The van der Waals surface area contributed by atoms with Crippen LogP contribution in [0.3, 0.4) is 0 Å². The lowest BCUT2D eigenvalue weighted by Crippen LogP contribution is -2.46. The van der Waals surface area contributed by atoms with Gasteiger partial charge in [-0.25, -0.2) is 0 Å². The summed E-state index contributed by atoms with van der Waals surface area (Å²) in [4.78, 5) is 11.9. The van der Waals surface area contributed by atoms with Crippen LogP contribution in [-0.4, -0.2) is 30.3 Å². The lowest BCUT2D eigenvalue weighted by molar-refractivity contribution is -0.124. The molecule has 5 heteroatoms. The van der Waals surface area contributed by atoms with Crippen molar-refractivity contribution in [2.24, 2.45) is 5.41 Å². The first-order valence-electron chi connectivity index (χ1n) is 6.71. The fourth-order valence-electron chi connectivity index (χ4n) is 1.80. The molecule has 0 aromatic heterocycles. The molecule has 0 bridgehead atoms. The minimum atomic E-state index is -0.199. The van der Waals surface area contributed by atoms with E-state index >= 15 is 0 Å². The first-order valence-corrected chi connectivity index (χ1v) is 6.71. The van der Waals surface area contributed by atoms with Crippen LogP contribution >= 0.6 is 0 Å². The van der Waals surface area contributed by atoms with Crippen LogP contribution in [0.2, 0.25) is 0 Å². The number of carbonyl (C=O) groups excluding carboxylic acids is 1. The number of ether oxygens (including phenoxy) is 1. The highest BCUT2D eigenvalue weighted by Crippen LogP contribution is 2.21. The van der Waals surface area contributed by atoms with E-state index in [1.54, 1.807) is 24.3 Å². The summed E-state index contributed by atoms with van der Waals surface area (Å²) in [5, 5.41) is 11.9. The largest absolute Gasteiger partial charge is 0.484 e. The van der Waals surface area contributed by atoms with E-state index < -0.39 is 0 Å². The summed E-state index contributed by atoms with van der Waals surface area (Å²) < 4.78 is 5.38. The molecule has 1 rings (SSSR count). The number of benzene rings is 1. The van der Waals surface area contributed by atoms with Gasteiger partial charge in [-0.15, -0.1) is 0 Å². The number of nitrogens with one attached hydrogen (secondary N) is 1. The maximum atomic E-state index is 11.9. The molecule has 0 saturated heterocycles. The van der Waals surface area contributed by atoms with Crippen LogP contribution in [0.15, 0.2) is 24.3 Å². The van der Waals surface area contributed by atoms with Gasteiger partial charge in [0.15, 0.2) is 6.61 Å². The molecular weight excluding hydrogens is 256 g/mol. The van der Waals surface area contributed by atoms with E-state index in [1.165, 1.54) is 0 Å². The maximum Gasteiger partial charge on any atom is 0.258 e. The lowest BCUT2D eigenvalue weighted by Gasteiger charge is -2.31. The molecule has 0 spiro atoms. The Morgan fingerprint density at radius 3 is 2.45 bits per heavy atom. The standard InChI is InChI=1S/C15H24N2O3/c1-15(2,3)13(8-9-18)17-14(19)10-20-12-6-4-11(16)5-7-12/h4-7,13,18H,8-10,16H2,1-3H3,(H,17,19). The van der Waals surface area contributed by atoms with Crippen LogP contribution < -0.4 is 15.8 Å². The van der Waals surface area contributed by atoms with Crippen molar-refractivity contribution in [3.8, 4) is 5.75 Å². The van der Waals surface area contributed by atoms with Gasteiger partial charge >= 0.3 is 0 Å². The third-order valence-electron chi connectivity index (χ3n) is 3.05. The monoisotopic (exact) mass is 280 g/mol. The van der Waals surface area contributed by atoms with Crippen molar-refractivity contribution in [2.75, 3.05) is 18.9 Å². The number of aliphatic hydroxyl groups excluding tert-OH is 1. The van der Waals surface area contributed by atoms with Gasteiger partial charge in [-0.1, -0.05) is 20.8 Å². The Morgan fingerprint density at radius 1 is 1.35 bits per heavy atom. The summed E-state index contributed by atoms with van der Waals surface area (Å²) in [6.07, 6.45) is 0.525.